The largest absolute Gasteiger partial charge is 0.573 e. The van der Waals surface area contributed by atoms with Gasteiger partial charge in [0.1, 0.15) is 18.3 Å². The molecule has 0 radical (unpaired) electrons. The Morgan fingerprint density at radius 1 is 1.10 bits per heavy atom. The molecular formula is C18H16F3N3O4S. The Labute approximate surface area is 165 Å². The lowest BCUT2D eigenvalue weighted by Crippen LogP contribution is -2.48. The second kappa shape index (κ2) is 9.40. The normalized spacial score (nSPS) is 12.6. The van der Waals surface area contributed by atoms with Crippen molar-refractivity contribution in [2.75, 3.05) is 6.54 Å². The van der Waals surface area contributed by atoms with Crippen molar-refractivity contribution in [2.24, 2.45) is 0 Å². The number of nitriles is 1. The predicted octanol–water partition coefficient (Wildman–Crippen LogP) is 2.11. The van der Waals surface area contributed by atoms with Crippen molar-refractivity contribution < 1.29 is 31.1 Å². The number of hydrogen-bond acceptors (Lipinski definition) is 5. The van der Waals surface area contributed by atoms with Crippen molar-refractivity contribution in [3.8, 4) is 11.8 Å². The highest BCUT2D eigenvalue weighted by atomic mass is 32.2. The standard InChI is InChI=1S/C18H16F3N3O4S/c19-18(20,21)28-14-6-8-15(9-7-14)29(26,27)24-16(17(25)23-11-10-22)12-13-4-2-1-3-5-13/h1-9,16,24H,11-12H2,(H,23,25). The lowest BCUT2D eigenvalue weighted by molar-refractivity contribution is -0.274. The van der Waals surface area contributed by atoms with Gasteiger partial charge >= 0.3 is 6.36 Å². The first-order valence-corrected chi connectivity index (χ1v) is 9.66. The molecule has 0 aliphatic rings. The van der Waals surface area contributed by atoms with E-state index < -0.39 is 34.1 Å². The van der Waals surface area contributed by atoms with Crippen molar-refractivity contribution in [3.05, 3.63) is 60.2 Å². The van der Waals surface area contributed by atoms with Crippen LogP contribution in [0.1, 0.15) is 5.56 Å². The molecule has 2 aromatic rings. The second-order valence-corrected chi connectivity index (χ2v) is 7.47. The zero-order valence-corrected chi connectivity index (χ0v) is 15.6. The number of benzene rings is 2. The number of nitrogens with zero attached hydrogens (tertiary/aromatic N) is 1. The number of rotatable bonds is 8. The van der Waals surface area contributed by atoms with E-state index in [2.05, 4.69) is 14.8 Å². The smallest absolute Gasteiger partial charge is 0.406 e. The summed E-state index contributed by atoms with van der Waals surface area (Å²) in [5, 5.41) is 10.9. The first-order valence-electron chi connectivity index (χ1n) is 8.17. The molecule has 0 fully saturated rings. The molecule has 1 atom stereocenters. The predicted molar refractivity (Wildman–Crippen MR) is 96.0 cm³/mol. The van der Waals surface area contributed by atoms with Gasteiger partial charge in [-0.15, -0.1) is 13.2 Å². The van der Waals surface area contributed by atoms with E-state index in [1.807, 2.05) is 0 Å². The Kier molecular flexibility index (Phi) is 7.19. The number of alkyl halides is 3. The summed E-state index contributed by atoms with van der Waals surface area (Å²) in [6.07, 6.45) is -4.90. The molecule has 1 amide bonds. The van der Waals surface area contributed by atoms with Gasteiger partial charge in [-0.3, -0.25) is 4.79 Å². The number of carbonyl (C=O) groups excluding carboxylic acids is 1. The molecule has 0 saturated heterocycles. The van der Waals surface area contributed by atoms with Crippen LogP contribution in [0.3, 0.4) is 0 Å². The van der Waals surface area contributed by atoms with Crippen LogP contribution >= 0.6 is 0 Å². The van der Waals surface area contributed by atoms with Crippen molar-refractivity contribution in [1.82, 2.24) is 10.0 Å². The monoisotopic (exact) mass is 427 g/mol. The molecule has 29 heavy (non-hydrogen) atoms. The second-order valence-electron chi connectivity index (χ2n) is 5.76. The quantitative estimate of drug-likeness (QED) is 0.628. The Hall–Kier alpha value is -3.10. The summed E-state index contributed by atoms with van der Waals surface area (Å²) in [6.45, 7) is -0.310. The molecule has 7 nitrogen and oxygen atoms in total. The molecule has 2 aromatic carbocycles. The molecular weight excluding hydrogens is 411 g/mol. The van der Waals surface area contributed by atoms with E-state index in [0.717, 1.165) is 24.3 Å². The molecule has 0 aromatic heterocycles. The van der Waals surface area contributed by atoms with Crippen LogP contribution in [0, 0.1) is 11.3 Å². The van der Waals surface area contributed by atoms with Gasteiger partial charge in [0.05, 0.1) is 11.0 Å². The van der Waals surface area contributed by atoms with E-state index in [1.165, 1.54) is 0 Å². The highest BCUT2D eigenvalue weighted by Crippen LogP contribution is 2.24. The average molecular weight is 427 g/mol. The van der Waals surface area contributed by atoms with Crippen LogP contribution in [0.2, 0.25) is 0 Å². The summed E-state index contributed by atoms with van der Waals surface area (Å²) < 4.78 is 67.8. The highest BCUT2D eigenvalue weighted by molar-refractivity contribution is 7.89. The minimum atomic E-state index is -4.90. The maximum absolute atomic E-state index is 12.6. The molecule has 0 bridgehead atoms. The molecule has 0 aliphatic heterocycles. The zero-order chi connectivity index (χ0) is 21.5. The number of sulfonamides is 1. The Morgan fingerprint density at radius 2 is 1.72 bits per heavy atom. The summed E-state index contributed by atoms with van der Waals surface area (Å²) in [4.78, 5) is 11.9. The maximum atomic E-state index is 12.6. The van der Waals surface area contributed by atoms with Crippen LogP contribution in [0.25, 0.3) is 0 Å². The number of nitrogens with one attached hydrogen (secondary N) is 2. The number of ether oxygens (including phenoxy) is 1. The van der Waals surface area contributed by atoms with Gasteiger partial charge in [0.25, 0.3) is 0 Å². The average Bonchev–Trinajstić information content (AvgIpc) is 2.65. The fourth-order valence-electron chi connectivity index (χ4n) is 2.36. The van der Waals surface area contributed by atoms with E-state index in [4.69, 9.17) is 5.26 Å². The summed E-state index contributed by atoms with van der Waals surface area (Å²) in [6, 6.07) is 12.6. The van der Waals surface area contributed by atoms with Crippen LogP contribution in [0.15, 0.2) is 59.5 Å². The van der Waals surface area contributed by atoms with E-state index in [9.17, 15) is 26.4 Å². The Bertz CT molecular complexity index is 972. The number of hydrogen-bond donors (Lipinski definition) is 2. The van der Waals surface area contributed by atoms with Crippen LogP contribution in [-0.2, 0) is 21.2 Å². The first kappa shape index (κ1) is 22.2. The number of amides is 1. The van der Waals surface area contributed by atoms with E-state index >= 15 is 0 Å². The lowest BCUT2D eigenvalue weighted by atomic mass is 10.1. The zero-order valence-electron chi connectivity index (χ0n) is 14.8. The summed E-state index contributed by atoms with van der Waals surface area (Å²) in [5.41, 5.74) is 0.668. The molecule has 0 saturated carbocycles. The SMILES string of the molecule is N#CCNC(=O)C(Cc1ccccc1)NS(=O)(=O)c1ccc(OC(F)(F)F)cc1. The fraction of sp³-hybridized carbons (Fsp3) is 0.222. The number of halogens is 3. The van der Waals surface area contributed by atoms with Crippen LogP contribution in [-0.4, -0.2) is 33.3 Å². The van der Waals surface area contributed by atoms with Crippen LogP contribution < -0.4 is 14.8 Å². The van der Waals surface area contributed by atoms with Crippen molar-refractivity contribution in [2.45, 2.75) is 23.7 Å². The van der Waals surface area contributed by atoms with E-state index in [1.54, 1.807) is 36.4 Å². The molecule has 2 N–H and O–H groups in total. The molecule has 0 aliphatic carbocycles. The van der Waals surface area contributed by atoms with Crippen LogP contribution in [0.4, 0.5) is 13.2 Å². The van der Waals surface area contributed by atoms with Gasteiger partial charge < -0.3 is 10.1 Å². The van der Waals surface area contributed by atoms with Gasteiger partial charge in [0.2, 0.25) is 15.9 Å². The minimum absolute atomic E-state index is 0.00655. The fourth-order valence-corrected chi connectivity index (χ4v) is 3.56. The molecule has 0 spiro atoms. The summed E-state index contributed by atoms with van der Waals surface area (Å²) in [5.74, 6) is -1.29. The van der Waals surface area contributed by atoms with Crippen molar-refractivity contribution >= 4 is 15.9 Å². The summed E-state index contributed by atoms with van der Waals surface area (Å²) >= 11 is 0. The molecule has 2 rings (SSSR count). The Morgan fingerprint density at radius 3 is 2.28 bits per heavy atom. The Balaban J connectivity index is 2.21. The highest BCUT2D eigenvalue weighted by Gasteiger charge is 2.31. The van der Waals surface area contributed by atoms with Gasteiger partial charge in [-0.05, 0) is 36.2 Å². The van der Waals surface area contributed by atoms with Crippen molar-refractivity contribution in [1.29, 1.82) is 5.26 Å². The third kappa shape index (κ3) is 7.10. The van der Waals surface area contributed by atoms with E-state index in [-0.39, 0.29) is 17.9 Å². The first-order chi connectivity index (χ1) is 13.6. The molecule has 154 valence electrons. The summed E-state index contributed by atoms with van der Waals surface area (Å²) in [7, 11) is -4.24. The molecule has 11 heteroatoms. The lowest BCUT2D eigenvalue weighted by Gasteiger charge is -2.18. The maximum Gasteiger partial charge on any atom is 0.573 e. The van der Waals surface area contributed by atoms with Crippen molar-refractivity contribution in [3.63, 3.8) is 0 Å². The van der Waals surface area contributed by atoms with Gasteiger partial charge in [-0.25, -0.2) is 8.42 Å². The topological polar surface area (TPSA) is 108 Å². The van der Waals surface area contributed by atoms with Gasteiger partial charge in [0, 0.05) is 0 Å². The molecule has 1 unspecified atom stereocenters. The third-order valence-electron chi connectivity index (χ3n) is 3.61. The van der Waals surface area contributed by atoms with Gasteiger partial charge in [0.15, 0.2) is 0 Å². The van der Waals surface area contributed by atoms with Gasteiger partial charge in [-0.1, -0.05) is 30.3 Å². The third-order valence-corrected chi connectivity index (χ3v) is 5.09. The number of carbonyl (C=O) groups is 1. The molecule has 0 heterocycles. The minimum Gasteiger partial charge on any atom is -0.406 e. The van der Waals surface area contributed by atoms with Crippen LogP contribution in [0.5, 0.6) is 5.75 Å². The van der Waals surface area contributed by atoms with E-state index in [0.29, 0.717) is 5.56 Å². The van der Waals surface area contributed by atoms with Gasteiger partial charge in [-0.2, -0.15) is 9.98 Å².